The molecule has 1 aromatic carbocycles. The Bertz CT molecular complexity index is 286. The van der Waals surface area contributed by atoms with Crippen molar-refractivity contribution in [1.82, 2.24) is 0 Å². The van der Waals surface area contributed by atoms with Gasteiger partial charge >= 0.3 is 0 Å². The molecule has 1 aliphatic carbocycles. The zero-order valence-corrected chi connectivity index (χ0v) is 8.45. The Morgan fingerprint density at radius 1 is 1.07 bits per heavy atom. The summed E-state index contributed by atoms with van der Waals surface area (Å²) in [6.45, 7) is 0. The highest BCUT2D eigenvalue weighted by molar-refractivity contribution is 5.40. The SMILES string of the molecule is Nc1ccc([C@H](N)C2CCCC2)cc1. The van der Waals surface area contributed by atoms with Crippen LogP contribution in [0.5, 0.6) is 0 Å². The second kappa shape index (κ2) is 4.01. The van der Waals surface area contributed by atoms with E-state index in [0.717, 1.165) is 5.69 Å². The summed E-state index contributed by atoms with van der Waals surface area (Å²) in [5.74, 6) is 0.679. The van der Waals surface area contributed by atoms with E-state index >= 15 is 0 Å². The monoisotopic (exact) mass is 190 g/mol. The van der Waals surface area contributed by atoms with Crippen LogP contribution >= 0.6 is 0 Å². The number of rotatable bonds is 2. The van der Waals surface area contributed by atoms with Gasteiger partial charge in [-0.15, -0.1) is 0 Å². The number of hydrogen-bond donors (Lipinski definition) is 2. The van der Waals surface area contributed by atoms with E-state index in [1.807, 2.05) is 12.1 Å². The molecule has 2 heteroatoms. The summed E-state index contributed by atoms with van der Waals surface area (Å²) in [5, 5.41) is 0. The van der Waals surface area contributed by atoms with Crippen molar-refractivity contribution in [3.8, 4) is 0 Å². The van der Waals surface area contributed by atoms with Crippen molar-refractivity contribution >= 4 is 5.69 Å². The molecule has 0 bridgehead atoms. The number of nitrogens with two attached hydrogens (primary N) is 2. The fourth-order valence-electron chi connectivity index (χ4n) is 2.31. The van der Waals surface area contributed by atoms with Crippen molar-refractivity contribution in [1.29, 1.82) is 0 Å². The fourth-order valence-corrected chi connectivity index (χ4v) is 2.31. The zero-order valence-electron chi connectivity index (χ0n) is 8.45. The van der Waals surface area contributed by atoms with Crippen LogP contribution in [0.4, 0.5) is 5.69 Å². The molecule has 2 nitrogen and oxygen atoms in total. The normalized spacial score (nSPS) is 19.8. The summed E-state index contributed by atoms with van der Waals surface area (Å²) in [6.07, 6.45) is 5.25. The molecule has 0 heterocycles. The number of anilines is 1. The van der Waals surface area contributed by atoms with Crippen LogP contribution in [0.2, 0.25) is 0 Å². The van der Waals surface area contributed by atoms with E-state index in [9.17, 15) is 0 Å². The molecule has 4 N–H and O–H groups in total. The topological polar surface area (TPSA) is 52.0 Å². The molecule has 0 aliphatic heterocycles. The van der Waals surface area contributed by atoms with Crippen LogP contribution < -0.4 is 11.5 Å². The molecule has 0 spiro atoms. The van der Waals surface area contributed by atoms with Gasteiger partial charge in [-0.3, -0.25) is 0 Å². The van der Waals surface area contributed by atoms with E-state index in [2.05, 4.69) is 12.1 Å². The highest BCUT2D eigenvalue weighted by Gasteiger charge is 2.22. The molecule has 1 aromatic rings. The Hall–Kier alpha value is -1.02. The van der Waals surface area contributed by atoms with Crippen molar-refractivity contribution in [3.05, 3.63) is 29.8 Å². The molecule has 0 saturated heterocycles. The minimum Gasteiger partial charge on any atom is -0.399 e. The van der Waals surface area contributed by atoms with Gasteiger partial charge in [0.2, 0.25) is 0 Å². The van der Waals surface area contributed by atoms with Gasteiger partial charge < -0.3 is 11.5 Å². The summed E-state index contributed by atoms with van der Waals surface area (Å²) >= 11 is 0. The number of benzene rings is 1. The molecule has 1 aliphatic rings. The maximum Gasteiger partial charge on any atom is 0.0323 e. The van der Waals surface area contributed by atoms with E-state index in [-0.39, 0.29) is 6.04 Å². The third-order valence-electron chi connectivity index (χ3n) is 3.23. The first-order chi connectivity index (χ1) is 6.77. The highest BCUT2D eigenvalue weighted by Crippen LogP contribution is 2.34. The van der Waals surface area contributed by atoms with E-state index in [1.54, 1.807) is 0 Å². The Balaban J connectivity index is 2.09. The molecule has 0 unspecified atom stereocenters. The Kier molecular flexibility index (Phi) is 2.73. The van der Waals surface area contributed by atoms with Crippen LogP contribution in [0.3, 0.4) is 0 Å². The molecule has 14 heavy (non-hydrogen) atoms. The summed E-state index contributed by atoms with van der Waals surface area (Å²) in [5.41, 5.74) is 13.9. The fraction of sp³-hybridized carbons (Fsp3) is 0.500. The molecular weight excluding hydrogens is 172 g/mol. The molecule has 0 amide bonds. The molecule has 0 radical (unpaired) electrons. The number of hydrogen-bond acceptors (Lipinski definition) is 2. The van der Waals surface area contributed by atoms with Gasteiger partial charge in [-0.2, -0.15) is 0 Å². The molecule has 1 fully saturated rings. The third kappa shape index (κ3) is 1.90. The first-order valence-electron chi connectivity index (χ1n) is 5.38. The molecule has 1 saturated carbocycles. The zero-order chi connectivity index (χ0) is 9.97. The lowest BCUT2D eigenvalue weighted by molar-refractivity contribution is 0.445. The van der Waals surface area contributed by atoms with Crippen LogP contribution in [-0.2, 0) is 0 Å². The third-order valence-corrected chi connectivity index (χ3v) is 3.23. The van der Waals surface area contributed by atoms with Crippen molar-refractivity contribution in [3.63, 3.8) is 0 Å². The van der Waals surface area contributed by atoms with Gasteiger partial charge in [0.25, 0.3) is 0 Å². The standard InChI is InChI=1S/C12H18N2/c13-11-7-5-10(6-8-11)12(14)9-3-1-2-4-9/h5-9,12H,1-4,13-14H2/t12-/m1/s1. The van der Waals surface area contributed by atoms with E-state index in [0.29, 0.717) is 5.92 Å². The first-order valence-corrected chi connectivity index (χ1v) is 5.38. The van der Waals surface area contributed by atoms with Crippen LogP contribution in [0.15, 0.2) is 24.3 Å². The van der Waals surface area contributed by atoms with E-state index in [1.165, 1.54) is 31.2 Å². The van der Waals surface area contributed by atoms with Crippen molar-refractivity contribution in [2.75, 3.05) is 5.73 Å². The minimum absolute atomic E-state index is 0.207. The average molecular weight is 190 g/mol. The number of nitrogen functional groups attached to an aromatic ring is 1. The highest BCUT2D eigenvalue weighted by atomic mass is 14.7. The van der Waals surface area contributed by atoms with Crippen LogP contribution in [-0.4, -0.2) is 0 Å². The molecule has 2 rings (SSSR count). The lowest BCUT2D eigenvalue weighted by Crippen LogP contribution is -2.18. The summed E-state index contributed by atoms with van der Waals surface area (Å²) in [6, 6.07) is 8.18. The first kappa shape index (κ1) is 9.53. The lowest BCUT2D eigenvalue weighted by Gasteiger charge is -2.19. The van der Waals surface area contributed by atoms with Gasteiger partial charge in [-0.25, -0.2) is 0 Å². The Labute approximate surface area is 85.3 Å². The lowest BCUT2D eigenvalue weighted by atomic mass is 9.92. The minimum atomic E-state index is 0.207. The van der Waals surface area contributed by atoms with E-state index in [4.69, 9.17) is 11.5 Å². The molecule has 1 atom stereocenters. The second-order valence-electron chi connectivity index (χ2n) is 4.24. The van der Waals surface area contributed by atoms with Gasteiger partial charge in [0, 0.05) is 11.7 Å². The van der Waals surface area contributed by atoms with Gasteiger partial charge in [0.1, 0.15) is 0 Å². The molecule has 0 aromatic heterocycles. The molecular formula is C12H18N2. The largest absolute Gasteiger partial charge is 0.399 e. The van der Waals surface area contributed by atoms with Crippen molar-refractivity contribution in [2.45, 2.75) is 31.7 Å². The van der Waals surface area contributed by atoms with Crippen LogP contribution in [0.1, 0.15) is 37.3 Å². The van der Waals surface area contributed by atoms with Gasteiger partial charge in [-0.05, 0) is 36.5 Å². The maximum atomic E-state index is 6.21. The van der Waals surface area contributed by atoms with Crippen molar-refractivity contribution in [2.24, 2.45) is 11.7 Å². The van der Waals surface area contributed by atoms with E-state index < -0.39 is 0 Å². The van der Waals surface area contributed by atoms with Crippen LogP contribution in [0, 0.1) is 5.92 Å². The smallest absolute Gasteiger partial charge is 0.0323 e. The predicted molar refractivity (Wildman–Crippen MR) is 59.7 cm³/mol. The van der Waals surface area contributed by atoms with Crippen molar-refractivity contribution < 1.29 is 0 Å². The predicted octanol–water partition coefficient (Wildman–Crippen LogP) is 2.46. The second-order valence-corrected chi connectivity index (χ2v) is 4.24. The summed E-state index contributed by atoms with van der Waals surface area (Å²) in [7, 11) is 0. The Morgan fingerprint density at radius 3 is 2.21 bits per heavy atom. The van der Waals surface area contributed by atoms with Gasteiger partial charge in [0.05, 0.1) is 0 Å². The Morgan fingerprint density at radius 2 is 1.64 bits per heavy atom. The molecule has 76 valence electrons. The van der Waals surface area contributed by atoms with Gasteiger partial charge in [-0.1, -0.05) is 25.0 Å². The summed E-state index contributed by atoms with van der Waals surface area (Å²) in [4.78, 5) is 0. The van der Waals surface area contributed by atoms with Crippen LogP contribution in [0.25, 0.3) is 0 Å². The van der Waals surface area contributed by atoms with Gasteiger partial charge in [0.15, 0.2) is 0 Å². The maximum absolute atomic E-state index is 6.21. The average Bonchev–Trinajstić information content (AvgIpc) is 2.71. The quantitative estimate of drug-likeness (QED) is 0.704. The summed E-state index contributed by atoms with van der Waals surface area (Å²) < 4.78 is 0.